The van der Waals surface area contributed by atoms with Crippen LogP contribution in [-0.2, 0) is 22.0 Å². The predicted molar refractivity (Wildman–Crippen MR) is 201 cm³/mol. The van der Waals surface area contributed by atoms with E-state index in [0.717, 1.165) is 43.8 Å². The maximum Gasteiger partial charge on any atom is 0.143 e. The van der Waals surface area contributed by atoms with Gasteiger partial charge in [0.2, 0.25) is 0 Å². The summed E-state index contributed by atoms with van der Waals surface area (Å²) in [4.78, 5) is 0. The second-order valence-electron chi connectivity index (χ2n) is 11.7. The van der Waals surface area contributed by atoms with Crippen LogP contribution in [0.3, 0.4) is 0 Å². The number of hydrogen-bond acceptors (Lipinski definition) is 4. The van der Waals surface area contributed by atoms with Crippen molar-refractivity contribution in [1.82, 2.24) is 0 Å². The maximum atomic E-state index is 14.5. The van der Waals surface area contributed by atoms with Gasteiger partial charge in [0.05, 0.1) is 0 Å². The molecule has 242 valence electrons. The molecule has 6 aromatic carbocycles. The average Bonchev–Trinajstić information content (AvgIpc) is 3.16. The Labute approximate surface area is 284 Å². The van der Waals surface area contributed by atoms with E-state index in [2.05, 4.69) is 0 Å². The van der Waals surface area contributed by atoms with Gasteiger partial charge in [0.1, 0.15) is 39.0 Å². The minimum atomic E-state index is -2.85. The smallest absolute Gasteiger partial charge is 0.143 e. The van der Waals surface area contributed by atoms with Crippen molar-refractivity contribution in [2.24, 2.45) is 0 Å². The van der Waals surface area contributed by atoms with Crippen LogP contribution in [0, 0.1) is 0 Å². The Hall–Kier alpha value is -4.62. The molecule has 6 rings (SSSR count). The van der Waals surface area contributed by atoms with Gasteiger partial charge in [-0.3, -0.25) is 0 Å². The zero-order valence-corrected chi connectivity index (χ0v) is 28.7. The standard InChI is InChI=1S/C42H40O4P2/c43-47(37-19-5-1-6-20-37,38-21-7-2-8-22-38)33-29-35-17-13-15-27-41(35)45-31-32-46-42-28-16-14-18-36(42)30-34-48(44,39-23-9-3-10-24-39)40-25-11-4-12-26-40/h1-28H,29-34H2. The van der Waals surface area contributed by atoms with E-state index in [4.69, 9.17) is 9.47 Å². The van der Waals surface area contributed by atoms with Crippen molar-refractivity contribution < 1.29 is 18.6 Å². The molecule has 0 N–H and O–H groups in total. The van der Waals surface area contributed by atoms with Gasteiger partial charge >= 0.3 is 0 Å². The highest BCUT2D eigenvalue weighted by atomic mass is 31.2. The fraction of sp³-hybridized carbons (Fsp3) is 0.143. The summed E-state index contributed by atoms with van der Waals surface area (Å²) in [6.07, 6.45) is 2.23. The molecule has 0 aliphatic heterocycles. The van der Waals surface area contributed by atoms with E-state index >= 15 is 0 Å². The second-order valence-corrected chi connectivity index (χ2v) is 17.6. The van der Waals surface area contributed by atoms with Gasteiger partial charge in [-0.15, -0.1) is 0 Å². The van der Waals surface area contributed by atoms with Gasteiger partial charge in [-0.2, -0.15) is 0 Å². The molecule has 6 heteroatoms. The third-order valence-electron chi connectivity index (χ3n) is 8.63. The summed E-state index contributed by atoms with van der Waals surface area (Å²) in [6.45, 7) is 0.708. The van der Waals surface area contributed by atoms with Crippen LogP contribution in [0.4, 0.5) is 0 Å². The molecule has 0 bridgehead atoms. The highest BCUT2D eigenvalue weighted by Crippen LogP contribution is 2.45. The molecular formula is C42H40O4P2. The lowest BCUT2D eigenvalue weighted by Crippen LogP contribution is -2.20. The highest BCUT2D eigenvalue weighted by molar-refractivity contribution is 7.79. The third kappa shape index (κ3) is 7.91. The second kappa shape index (κ2) is 16.0. The summed E-state index contributed by atoms with van der Waals surface area (Å²) >= 11 is 0. The molecule has 0 amide bonds. The van der Waals surface area contributed by atoms with Crippen molar-refractivity contribution in [2.75, 3.05) is 25.5 Å². The SMILES string of the molecule is O=P(CCc1ccccc1OCCOc1ccccc1CCP(=O)(c1ccccc1)c1ccccc1)(c1ccccc1)c1ccccc1. The van der Waals surface area contributed by atoms with Gasteiger partial charge in [-0.1, -0.05) is 158 Å². The van der Waals surface area contributed by atoms with Crippen LogP contribution in [0.15, 0.2) is 170 Å². The number of rotatable bonds is 15. The molecular weight excluding hydrogens is 630 g/mol. The summed E-state index contributed by atoms with van der Waals surface area (Å²) in [7, 11) is -5.69. The highest BCUT2D eigenvalue weighted by Gasteiger charge is 2.28. The summed E-state index contributed by atoms with van der Waals surface area (Å²) in [6, 6.07) is 55.1. The third-order valence-corrected chi connectivity index (χ3v) is 14.9. The van der Waals surface area contributed by atoms with E-state index in [9.17, 15) is 9.13 Å². The summed E-state index contributed by atoms with van der Waals surface area (Å²) in [5.41, 5.74) is 2.03. The Morgan fingerprint density at radius 2 is 0.625 bits per heavy atom. The van der Waals surface area contributed by atoms with E-state index < -0.39 is 14.3 Å². The van der Waals surface area contributed by atoms with Gasteiger partial charge < -0.3 is 18.6 Å². The number of benzene rings is 6. The molecule has 48 heavy (non-hydrogen) atoms. The van der Waals surface area contributed by atoms with Crippen molar-refractivity contribution in [3.63, 3.8) is 0 Å². The largest absolute Gasteiger partial charge is 0.490 e. The van der Waals surface area contributed by atoms with Crippen molar-refractivity contribution >= 4 is 35.5 Å². The molecule has 6 aromatic rings. The Bertz CT molecular complexity index is 1750. The molecule has 4 nitrogen and oxygen atoms in total. The Morgan fingerprint density at radius 3 is 0.938 bits per heavy atom. The lowest BCUT2D eigenvalue weighted by Gasteiger charge is -2.21. The van der Waals surface area contributed by atoms with E-state index in [1.165, 1.54) is 0 Å². The van der Waals surface area contributed by atoms with Crippen LogP contribution in [-0.4, -0.2) is 25.5 Å². The predicted octanol–water partition coefficient (Wildman–Crippen LogP) is 8.26. The van der Waals surface area contributed by atoms with E-state index in [-0.39, 0.29) is 0 Å². The fourth-order valence-corrected chi connectivity index (χ4v) is 11.4. The van der Waals surface area contributed by atoms with Crippen molar-refractivity contribution in [2.45, 2.75) is 12.8 Å². The molecule has 0 aromatic heterocycles. The van der Waals surface area contributed by atoms with Gasteiger partial charge in [-0.05, 0) is 36.1 Å². The van der Waals surface area contributed by atoms with Crippen molar-refractivity contribution in [1.29, 1.82) is 0 Å². The molecule has 0 aliphatic carbocycles. The summed E-state index contributed by atoms with van der Waals surface area (Å²) < 4.78 is 41.6. The monoisotopic (exact) mass is 670 g/mol. The Morgan fingerprint density at radius 1 is 0.354 bits per heavy atom. The fourth-order valence-electron chi connectivity index (χ4n) is 6.05. The molecule has 0 atom stereocenters. The zero-order valence-electron chi connectivity index (χ0n) is 26.9. The topological polar surface area (TPSA) is 52.6 Å². The van der Waals surface area contributed by atoms with E-state index in [0.29, 0.717) is 38.4 Å². The van der Waals surface area contributed by atoms with E-state index in [1.807, 2.05) is 170 Å². The average molecular weight is 671 g/mol. The lowest BCUT2D eigenvalue weighted by atomic mass is 10.1. The molecule has 0 aliphatic rings. The number of hydrogen-bond donors (Lipinski definition) is 0. The Kier molecular flexibility index (Phi) is 11.1. The molecule has 0 heterocycles. The first kappa shape index (κ1) is 33.3. The van der Waals surface area contributed by atoms with Gasteiger partial charge in [0, 0.05) is 33.5 Å². The first-order valence-corrected chi connectivity index (χ1v) is 20.2. The summed E-state index contributed by atoms with van der Waals surface area (Å²) in [5.74, 6) is 1.54. The molecule has 0 unspecified atom stereocenters. The van der Waals surface area contributed by atoms with Crippen LogP contribution >= 0.6 is 14.3 Å². The van der Waals surface area contributed by atoms with Gasteiger partial charge in [-0.25, -0.2) is 0 Å². The first-order valence-electron chi connectivity index (χ1n) is 16.4. The van der Waals surface area contributed by atoms with Crippen LogP contribution in [0.1, 0.15) is 11.1 Å². The van der Waals surface area contributed by atoms with E-state index in [1.54, 1.807) is 0 Å². The molecule has 0 radical (unpaired) electrons. The number of ether oxygens (including phenoxy) is 2. The normalized spacial score (nSPS) is 11.6. The Balaban J connectivity index is 1.10. The van der Waals surface area contributed by atoms with Gasteiger partial charge in [0.25, 0.3) is 0 Å². The quantitative estimate of drug-likeness (QED) is 0.0816. The first-order chi connectivity index (χ1) is 23.6. The zero-order chi connectivity index (χ0) is 33.1. The number of aryl methyl sites for hydroxylation is 2. The molecule has 0 saturated heterocycles. The van der Waals surface area contributed by atoms with Crippen molar-refractivity contribution in [3.05, 3.63) is 181 Å². The van der Waals surface area contributed by atoms with Crippen LogP contribution < -0.4 is 30.7 Å². The lowest BCUT2D eigenvalue weighted by molar-refractivity contribution is 0.215. The summed E-state index contributed by atoms with van der Waals surface area (Å²) in [5, 5.41) is 3.47. The molecule has 0 spiro atoms. The van der Waals surface area contributed by atoms with Crippen LogP contribution in [0.25, 0.3) is 0 Å². The molecule has 0 saturated carbocycles. The van der Waals surface area contributed by atoms with Gasteiger partial charge in [0.15, 0.2) is 0 Å². The van der Waals surface area contributed by atoms with Crippen molar-refractivity contribution in [3.8, 4) is 11.5 Å². The molecule has 0 fully saturated rings. The minimum absolute atomic E-state index is 0.354. The van der Waals surface area contributed by atoms with Crippen LogP contribution in [0.5, 0.6) is 11.5 Å². The minimum Gasteiger partial charge on any atom is -0.490 e. The maximum absolute atomic E-state index is 14.5. The number of para-hydroxylation sites is 2. The van der Waals surface area contributed by atoms with Crippen LogP contribution in [0.2, 0.25) is 0 Å².